The van der Waals surface area contributed by atoms with Crippen molar-refractivity contribution in [2.75, 3.05) is 20.2 Å². The number of ether oxygens (including phenoxy) is 1. The van der Waals surface area contributed by atoms with Gasteiger partial charge in [-0.25, -0.2) is 4.79 Å². The Labute approximate surface area is 193 Å². The van der Waals surface area contributed by atoms with Crippen LogP contribution < -0.4 is 10.1 Å². The second-order valence-electron chi connectivity index (χ2n) is 9.24. The van der Waals surface area contributed by atoms with Gasteiger partial charge in [0.25, 0.3) is 0 Å². The van der Waals surface area contributed by atoms with Crippen LogP contribution in [0.15, 0.2) is 30.5 Å². The van der Waals surface area contributed by atoms with Crippen LogP contribution in [-0.2, 0) is 9.59 Å². The van der Waals surface area contributed by atoms with Gasteiger partial charge in [-0.2, -0.15) is 0 Å². The van der Waals surface area contributed by atoms with E-state index in [2.05, 4.69) is 22.1 Å². The maximum Gasteiger partial charge on any atom is 0.326 e. The van der Waals surface area contributed by atoms with Gasteiger partial charge in [0.15, 0.2) is 0 Å². The standard InChI is InChI=1S/C20H26N2O2.C5H7NO3/c1-3-13-12-22-9-7-14(13)10-19(22)20(23)16-6-8-21-18-5-4-15(24-2)11-17(16)18;7-4-2-1-3(6-4)5(8)9/h4-6,8,11,13-14,19-20,23H,3,7,9-10,12H2,1-2H3;3H,1-2H2,(H,6,7)(H,8,9)/t13-,14-,19-,20+;3-/m00/s1. The minimum atomic E-state index is -0.944. The van der Waals surface area contributed by atoms with E-state index in [0.717, 1.165) is 53.6 Å². The van der Waals surface area contributed by atoms with Crippen LogP contribution in [0.4, 0.5) is 0 Å². The number of aliphatic hydroxyl groups is 1. The van der Waals surface area contributed by atoms with Crippen LogP contribution >= 0.6 is 0 Å². The molecular formula is C25H33N3O5. The lowest BCUT2D eigenvalue weighted by atomic mass is 9.72. The van der Waals surface area contributed by atoms with Crippen molar-refractivity contribution < 1.29 is 24.5 Å². The number of hydrogen-bond acceptors (Lipinski definition) is 6. The van der Waals surface area contributed by atoms with Gasteiger partial charge in [0.1, 0.15) is 11.8 Å². The summed E-state index contributed by atoms with van der Waals surface area (Å²) in [6, 6.07) is 7.42. The lowest BCUT2D eigenvalue weighted by Crippen LogP contribution is -2.55. The fourth-order valence-electron chi connectivity index (χ4n) is 5.51. The average molecular weight is 456 g/mol. The number of hydrogen-bond donors (Lipinski definition) is 3. The zero-order chi connectivity index (χ0) is 23.5. The van der Waals surface area contributed by atoms with Crippen LogP contribution in [0.2, 0.25) is 0 Å². The number of carboxylic acids is 1. The Morgan fingerprint density at radius 2 is 2.15 bits per heavy atom. The molecule has 4 saturated heterocycles. The second-order valence-corrected chi connectivity index (χ2v) is 9.24. The lowest BCUT2D eigenvalue weighted by Gasteiger charge is -2.51. The van der Waals surface area contributed by atoms with Crippen LogP contribution in [0, 0.1) is 11.8 Å². The van der Waals surface area contributed by atoms with Crippen molar-refractivity contribution in [1.82, 2.24) is 15.2 Å². The van der Waals surface area contributed by atoms with E-state index in [1.807, 2.05) is 24.3 Å². The van der Waals surface area contributed by atoms with Gasteiger partial charge in [0.05, 0.1) is 18.7 Å². The molecule has 1 aromatic heterocycles. The summed E-state index contributed by atoms with van der Waals surface area (Å²) >= 11 is 0. The molecule has 8 heteroatoms. The van der Waals surface area contributed by atoms with E-state index in [1.165, 1.54) is 12.8 Å². The molecule has 4 aliphatic rings. The minimum Gasteiger partial charge on any atom is -0.497 e. The smallest absolute Gasteiger partial charge is 0.326 e. The number of aliphatic carboxylic acids is 1. The van der Waals surface area contributed by atoms with Crippen molar-refractivity contribution in [3.63, 3.8) is 0 Å². The fourth-order valence-corrected chi connectivity index (χ4v) is 5.51. The van der Waals surface area contributed by atoms with Crippen molar-refractivity contribution in [3.8, 4) is 5.75 Å². The highest BCUT2D eigenvalue weighted by Gasteiger charge is 2.42. The third-order valence-corrected chi connectivity index (χ3v) is 7.42. The number of carbonyl (C=O) groups excluding carboxylic acids is 1. The number of aliphatic hydroxyl groups excluding tert-OH is 1. The first-order valence-corrected chi connectivity index (χ1v) is 11.8. The zero-order valence-corrected chi connectivity index (χ0v) is 19.2. The van der Waals surface area contributed by atoms with Gasteiger partial charge in [0.2, 0.25) is 5.91 Å². The molecule has 2 aromatic rings. The van der Waals surface area contributed by atoms with Crippen molar-refractivity contribution in [2.24, 2.45) is 11.8 Å². The largest absolute Gasteiger partial charge is 0.497 e. The van der Waals surface area contributed by atoms with E-state index >= 15 is 0 Å². The fraction of sp³-hybridized carbons (Fsp3) is 0.560. The quantitative estimate of drug-likeness (QED) is 0.636. The number of carbonyl (C=O) groups is 2. The zero-order valence-electron chi connectivity index (χ0n) is 19.2. The topological polar surface area (TPSA) is 112 Å². The Balaban J connectivity index is 0.000000243. The van der Waals surface area contributed by atoms with Gasteiger partial charge in [-0.15, -0.1) is 0 Å². The minimum absolute atomic E-state index is 0.164. The van der Waals surface area contributed by atoms with Gasteiger partial charge in [-0.1, -0.05) is 13.3 Å². The van der Waals surface area contributed by atoms with Crippen molar-refractivity contribution in [1.29, 1.82) is 0 Å². The van der Waals surface area contributed by atoms with E-state index < -0.39 is 18.1 Å². The molecule has 178 valence electrons. The van der Waals surface area contributed by atoms with E-state index in [0.29, 0.717) is 12.8 Å². The van der Waals surface area contributed by atoms with Crippen molar-refractivity contribution in [3.05, 3.63) is 36.0 Å². The molecule has 1 amide bonds. The van der Waals surface area contributed by atoms with Gasteiger partial charge in [0, 0.05) is 30.6 Å². The number of aromatic nitrogens is 1. The van der Waals surface area contributed by atoms with E-state index in [1.54, 1.807) is 13.3 Å². The van der Waals surface area contributed by atoms with Crippen LogP contribution in [0.3, 0.4) is 0 Å². The Hall–Kier alpha value is -2.71. The highest BCUT2D eigenvalue weighted by molar-refractivity contribution is 5.87. The van der Waals surface area contributed by atoms with Gasteiger partial charge < -0.3 is 20.3 Å². The summed E-state index contributed by atoms with van der Waals surface area (Å²) in [6.45, 7) is 4.55. The highest BCUT2D eigenvalue weighted by Crippen LogP contribution is 2.42. The van der Waals surface area contributed by atoms with Gasteiger partial charge in [-0.05, 0) is 67.5 Å². The Morgan fingerprint density at radius 1 is 1.33 bits per heavy atom. The SMILES string of the molecule is CC[C@H]1CN2CC[C@H]1C[C@H]2[C@H](O)c1ccnc2ccc(OC)cc12.O=C1CC[C@@H](C(=O)O)N1. The van der Waals surface area contributed by atoms with Gasteiger partial charge in [-0.3, -0.25) is 14.7 Å². The average Bonchev–Trinajstić information content (AvgIpc) is 3.30. The van der Waals surface area contributed by atoms with Crippen LogP contribution in [0.25, 0.3) is 10.9 Å². The first kappa shape index (κ1) is 23.4. The molecule has 8 nitrogen and oxygen atoms in total. The van der Waals surface area contributed by atoms with E-state index in [4.69, 9.17) is 9.84 Å². The summed E-state index contributed by atoms with van der Waals surface area (Å²) < 4.78 is 5.36. The lowest BCUT2D eigenvalue weighted by molar-refractivity contribution is -0.140. The van der Waals surface area contributed by atoms with E-state index in [-0.39, 0.29) is 11.9 Å². The number of piperidine rings is 3. The molecule has 0 spiro atoms. The molecular weight excluding hydrogens is 422 g/mol. The number of pyridine rings is 1. The summed E-state index contributed by atoms with van der Waals surface area (Å²) in [6.07, 6.45) is 5.74. The molecule has 5 heterocycles. The van der Waals surface area contributed by atoms with Crippen molar-refractivity contribution >= 4 is 22.8 Å². The number of carboxylic acid groups (broad SMARTS) is 1. The summed E-state index contributed by atoms with van der Waals surface area (Å²) in [5.74, 6) is 1.27. The first-order chi connectivity index (χ1) is 15.9. The number of nitrogens with zero attached hydrogens (tertiary/aromatic N) is 2. The summed E-state index contributed by atoms with van der Waals surface area (Å²) in [7, 11) is 1.67. The number of methoxy groups -OCH3 is 1. The number of rotatable bonds is 5. The molecule has 1 unspecified atom stereocenters. The highest BCUT2D eigenvalue weighted by atomic mass is 16.5. The second kappa shape index (κ2) is 10.1. The van der Waals surface area contributed by atoms with Gasteiger partial charge >= 0.3 is 5.97 Å². The summed E-state index contributed by atoms with van der Waals surface area (Å²) in [5, 5.41) is 22.8. The monoisotopic (exact) mass is 455 g/mol. The molecule has 4 fully saturated rings. The Morgan fingerprint density at radius 3 is 2.73 bits per heavy atom. The number of amides is 1. The predicted molar refractivity (Wildman–Crippen MR) is 124 cm³/mol. The summed E-state index contributed by atoms with van der Waals surface area (Å²) in [4.78, 5) is 27.5. The molecule has 33 heavy (non-hydrogen) atoms. The third-order valence-electron chi connectivity index (χ3n) is 7.42. The molecule has 3 N–H and O–H groups in total. The molecule has 0 radical (unpaired) electrons. The Bertz CT molecular complexity index is 1010. The molecule has 0 aliphatic carbocycles. The molecule has 2 bridgehead atoms. The molecule has 6 atom stereocenters. The number of nitrogens with one attached hydrogen (secondary N) is 1. The molecule has 6 rings (SSSR count). The molecule has 1 aromatic carbocycles. The predicted octanol–water partition coefficient (Wildman–Crippen LogP) is 2.75. The van der Waals surface area contributed by atoms with Crippen molar-refractivity contribution in [2.45, 2.75) is 57.2 Å². The van der Waals surface area contributed by atoms with Crippen LogP contribution in [-0.4, -0.2) is 64.3 Å². The maximum absolute atomic E-state index is 11.2. The van der Waals surface area contributed by atoms with E-state index in [9.17, 15) is 14.7 Å². The van der Waals surface area contributed by atoms with Crippen LogP contribution in [0.5, 0.6) is 5.75 Å². The normalized spacial score (nSPS) is 29.2. The maximum atomic E-state index is 11.2. The first-order valence-electron chi connectivity index (χ1n) is 11.8. The number of fused-ring (bicyclic) bond motifs is 4. The summed E-state index contributed by atoms with van der Waals surface area (Å²) in [5.41, 5.74) is 1.89. The Kier molecular flexibility index (Phi) is 7.14. The molecule has 4 aliphatic heterocycles. The molecule has 0 saturated carbocycles. The number of benzene rings is 1. The third kappa shape index (κ3) is 4.96. The van der Waals surface area contributed by atoms with Crippen LogP contribution in [0.1, 0.15) is 50.7 Å².